The molecule has 2 N–H and O–H groups in total. The third-order valence-electron chi connectivity index (χ3n) is 4.97. The number of para-hydroxylation sites is 1. The first-order valence-corrected chi connectivity index (χ1v) is 9.17. The predicted octanol–water partition coefficient (Wildman–Crippen LogP) is 2.18. The molecule has 3 rings (SSSR count). The largest absolute Gasteiger partial charge is 0.493 e. The second-order valence-electron chi connectivity index (χ2n) is 6.68. The summed E-state index contributed by atoms with van der Waals surface area (Å²) in [5, 5.41) is 0. The standard InChI is InChI=1S/C20H24N4O4/c1-27-17-9-5-6-13(18(17)28-2)12-24(14-7-3-4-8-14)20(26)16-11-22-15(10-23-16)19(21)25/h5-6,9-11,14H,3-4,7-8,12H2,1-2H3,(H2,21,25). The molecule has 1 saturated carbocycles. The van der Waals surface area contributed by atoms with E-state index in [1.165, 1.54) is 12.4 Å². The van der Waals surface area contributed by atoms with Gasteiger partial charge in [-0.25, -0.2) is 9.97 Å². The third-order valence-corrected chi connectivity index (χ3v) is 4.97. The smallest absolute Gasteiger partial charge is 0.274 e. The van der Waals surface area contributed by atoms with Gasteiger partial charge in [0.05, 0.1) is 33.2 Å². The summed E-state index contributed by atoms with van der Waals surface area (Å²) >= 11 is 0. The van der Waals surface area contributed by atoms with E-state index in [2.05, 4.69) is 9.97 Å². The van der Waals surface area contributed by atoms with Crippen molar-refractivity contribution in [1.82, 2.24) is 14.9 Å². The van der Waals surface area contributed by atoms with E-state index in [-0.39, 0.29) is 23.3 Å². The van der Waals surface area contributed by atoms with E-state index in [1.807, 2.05) is 18.2 Å². The maximum Gasteiger partial charge on any atom is 0.274 e. The van der Waals surface area contributed by atoms with Crippen LogP contribution in [0.3, 0.4) is 0 Å². The Bertz CT molecular complexity index is 848. The minimum absolute atomic E-state index is 0.0263. The van der Waals surface area contributed by atoms with Crippen molar-refractivity contribution in [3.05, 3.63) is 47.5 Å². The van der Waals surface area contributed by atoms with Crippen LogP contribution in [0.15, 0.2) is 30.6 Å². The molecule has 0 radical (unpaired) electrons. The lowest BCUT2D eigenvalue weighted by molar-refractivity contribution is 0.0655. The fourth-order valence-corrected chi connectivity index (χ4v) is 3.56. The topological polar surface area (TPSA) is 108 Å². The van der Waals surface area contributed by atoms with Gasteiger partial charge in [-0.2, -0.15) is 0 Å². The summed E-state index contributed by atoms with van der Waals surface area (Å²) in [6, 6.07) is 5.72. The highest BCUT2D eigenvalue weighted by molar-refractivity contribution is 5.94. The van der Waals surface area contributed by atoms with Gasteiger partial charge in [-0.3, -0.25) is 9.59 Å². The number of carbonyl (C=O) groups is 2. The summed E-state index contributed by atoms with van der Waals surface area (Å²) in [5.74, 6) is 0.306. The van der Waals surface area contributed by atoms with Gasteiger partial charge in [-0.15, -0.1) is 0 Å². The number of carbonyl (C=O) groups excluding carboxylic acids is 2. The Balaban J connectivity index is 1.91. The fourth-order valence-electron chi connectivity index (χ4n) is 3.56. The summed E-state index contributed by atoms with van der Waals surface area (Å²) in [6.45, 7) is 0.364. The molecule has 1 aliphatic rings. The van der Waals surface area contributed by atoms with Gasteiger partial charge in [0.25, 0.3) is 11.8 Å². The van der Waals surface area contributed by atoms with Crippen molar-refractivity contribution in [3.63, 3.8) is 0 Å². The molecule has 1 aromatic carbocycles. The molecule has 1 aromatic heterocycles. The number of aromatic nitrogens is 2. The number of amides is 2. The lowest BCUT2D eigenvalue weighted by Gasteiger charge is -2.29. The number of hydrogen-bond donors (Lipinski definition) is 1. The van der Waals surface area contributed by atoms with Gasteiger partial charge >= 0.3 is 0 Å². The molecule has 1 heterocycles. The number of rotatable bonds is 7. The number of nitrogens with two attached hydrogens (primary N) is 1. The monoisotopic (exact) mass is 384 g/mol. The first kappa shape index (κ1) is 19.6. The van der Waals surface area contributed by atoms with E-state index in [9.17, 15) is 9.59 Å². The fraction of sp³-hybridized carbons (Fsp3) is 0.400. The Kier molecular flexibility index (Phi) is 6.08. The molecule has 8 nitrogen and oxygen atoms in total. The number of methoxy groups -OCH3 is 2. The van der Waals surface area contributed by atoms with Crippen LogP contribution in [0.25, 0.3) is 0 Å². The maximum atomic E-state index is 13.2. The van der Waals surface area contributed by atoms with Crippen molar-refractivity contribution in [2.24, 2.45) is 5.73 Å². The zero-order valence-corrected chi connectivity index (χ0v) is 16.1. The highest BCUT2D eigenvalue weighted by Gasteiger charge is 2.29. The summed E-state index contributed by atoms with van der Waals surface area (Å²) in [5.41, 5.74) is 6.25. The van der Waals surface area contributed by atoms with Gasteiger partial charge in [0.2, 0.25) is 0 Å². The van der Waals surface area contributed by atoms with Crippen molar-refractivity contribution in [2.45, 2.75) is 38.3 Å². The van der Waals surface area contributed by atoms with Gasteiger partial charge in [0.15, 0.2) is 11.5 Å². The molecule has 1 aliphatic carbocycles. The number of nitrogens with zero attached hydrogens (tertiary/aromatic N) is 3. The number of benzene rings is 1. The Hall–Kier alpha value is -3.16. The molecule has 148 valence electrons. The SMILES string of the molecule is COc1cccc(CN(C(=O)c2cnc(C(N)=O)cn2)C2CCCC2)c1OC. The Morgan fingerprint density at radius 3 is 2.36 bits per heavy atom. The zero-order valence-electron chi connectivity index (χ0n) is 16.1. The quantitative estimate of drug-likeness (QED) is 0.784. The van der Waals surface area contributed by atoms with Crippen LogP contribution in [-0.2, 0) is 6.54 Å². The van der Waals surface area contributed by atoms with Crippen LogP contribution in [0.5, 0.6) is 11.5 Å². The molecule has 0 bridgehead atoms. The molecule has 2 amide bonds. The van der Waals surface area contributed by atoms with Gasteiger partial charge in [-0.05, 0) is 18.9 Å². The lowest BCUT2D eigenvalue weighted by atomic mass is 10.1. The highest BCUT2D eigenvalue weighted by Crippen LogP contribution is 2.34. The minimum atomic E-state index is -0.680. The molecular weight excluding hydrogens is 360 g/mol. The summed E-state index contributed by atoms with van der Waals surface area (Å²) in [7, 11) is 3.16. The van der Waals surface area contributed by atoms with Crippen LogP contribution in [0.4, 0.5) is 0 Å². The summed E-state index contributed by atoms with van der Waals surface area (Å²) in [4.78, 5) is 34.3. The lowest BCUT2D eigenvalue weighted by Crippen LogP contribution is -2.39. The van der Waals surface area contributed by atoms with Gasteiger partial charge in [0, 0.05) is 11.6 Å². The van der Waals surface area contributed by atoms with Crippen molar-refractivity contribution >= 4 is 11.8 Å². The van der Waals surface area contributed by atoms with Gasteiger partial charge in [-0.1, -0.05) is 25.0 Å². The molecule has 28 heavy (non-hydrogen) atoms. The van der Waals surface area contributed by atoms with Crippen molar-refractivity contribution < 1.29 is 19.1 Å². The second kappa shape index (κ2) is 8.69. The van der Waals surface area contributed by atoms with Crippen LogP contribution < -0.4 is 15.2 Å². The van der Waals surface area contributed by atoms with Crippen LogP contribution >= 0.6 is 0 Å². The third kappa shape index (κ3) is 4.05. The van der Waals surface area contributed by atoms with Gasteiger partial charge in [0.1, 0.15) is 11.4 Å². The van der Waals surface area contributed by atoms with E-state index in [4.69, 9.17) is 15.2 Å². The average Bonchev–Trinajstić information content (AvgIpc) is 3.25. The molecule has 0 aliphatic heterocycles. The highest BCUT2D eigenvalue weighted by atomic mass is 16.5. The molecule has 0 spiro atoms. The first-order chi connectivity index (χ1) is 13.5. The van der Waals surface area contributed by atoms with E-state index in [0.29, 0.717) is 18.0 Å². The number of primary amides is 1. The molecule has 1 fully saturated rings. The molecule has 8 heteroatoms. The average molecular weight is 384 g/mol. The Morgan fingerprint density at radius 2 is 1.79 bits per heavy atom. The van der Waals surface area contributed by atoms with E-state index < -0.39 is 5.91 Å². The second-order valence-corrected chi connectivity index (χ2v) is 6.68. The van der Waals surface area contributed by atoms with Crippen LogP contribution in [0, 0.1) is 0 Å². The van der Waals surface area contributed by atoms with Crippen molar-refractivity contribution in [1.29, 1.82) is 0 Å². The first-order valence-electron chi connectivity index (χ1n) is 9.17. The summed E-state index contributed by atoms with van der Waals surface area (Å²) in [6.07, 6.45) is 6.56. The molecule has 0 saturated heterocycles. The van der Waals surface area contributed by atoms with Crippen molar-refractivity contribution in [3.8, 4) is 11.5 Å². The van der Waals surface area contributed by atoms with Crippen molar-refractivity contribution in [2.75, 3.05) is 14.2 Å². The molecular formula is C20H24N4O4. The number of hydrogen-bond acceptors (Lipinski definition) is 6. The van der Waals surface area contributed by atoms with E-state index in [1.54, 1.807) is 19.1 Å². The maximum absolute atomic E-state index is 13.2. The van der Waals surface area contributed by atoms with E-state index in [0.717, 1.165) is 31.2 Å². The van der Waals surface area contributed by atoms with Crippen LogP contribution in [-0.4, -0.2) is 46.9 Å². The molecule has 0 atom stereocenters. The summed E-state index contributed by atoms with van der Waals surface area (Å²) < 4.78 is 10.9. The van der Waals surface area contributed by atoms with Crippen LogP contribution in [0.2, 0.25) is 0 Å². The Labute approximate surface area is 163 Å². The molecule has 2 aromatic rings. The van der Waals surface area contributed by atoms with Crippen LogP contribution in [0.1, 0.15) is 52.2 Å². The van der Waals surface area contributed by atoms with E-state index >= 15 is 0 Å². The minimum Gasteiger partial charge on any atom is -0.493 e. The number of ether oxygens (including phenoxy) is 2. The molecule has 0 unspecified atom stereocenters. The zero-order chi connectivity index (χ0) is 20.1. The van der Waals surface area contributed by atoms with Gasteiger partial charge < -0.3 is 20.1 Å². The Morgan fingerprint density at radius 1 is 1.11 bits per heavy atom. The normalized spacial score (nSPS) is 13.9. The predicted molar refractivity (Wildman–Crippen MR) is 102 cm³/mol.